The molecule has 1 rings (SSSR count). The normalized spacial score (nSPS) is 24.8. The standard InChI is InChI=1S/C9H19NO/c1-9(2,3)8(11)7-5-10(4)6-7/h7-8,11H,5-6H2,1-4H3/t8-/m0/s1. The fourth-order valence-corrected chi connectivity index (χ4v) is 1.65. The number of nitrogens with zero attached hydrogens (tertiary/aromatic N) is 1. The molecule has 1 heterocycles. The first kappa shape index (κ1) is 9.01. The van der Waals surface area contributed by atoms with Crippen molar-refractivity contribution in [1.82, 2.24) is 4.90 Å². The fourth-order valence-electron chi connectivity index (χ4n) is 1.65. The summed E-state index contributed by atoms with van der Waals surface area (Å²) in [5.74, 6) is 0.500. The van der Waals surface area contributed by atoms with E-state index in [9.17, 15) is 5.11 Å². The number of aliphatic hydroxyl groups is 1. The minimum absolute atomic E-state index is 0.0475. The van der Waals surface area contributed by atoms with Crippen LogP contribution >= 0.6 is 0 Å². The molecule has 0 amide bonds. The van der Waals surface area contributed by atoms with Crippen LogP contribution in [-0.4, -0.2) is 36.2 Å². The molecule has 0 spiro atoms. The van der Waals surface area contributed by atoms with Crippen molar-refractivity contribution in [3.8, 4) is 0 Å². The summed E-state index contributed by atoms with van der Waals surface area (Å²) in [5.41, 5.74) is 0.0475. The monoisotopic (exact) mass is 157 g/mol. The predicted molar refractivity (Wildman–Crippen MR) is 46.4 cm³/mol. The molecule has 1 saturated heterocycles. The molecule has 1 aliphatic heterocycles. The van der Waals surface area contributed by atoms with Crippen LogP contribution in [0.1, 0.15) is 20.8 Å². The lowest BCUT2D eigenvalue weighted by molar-refractivity contribution is -0.0487. The van der Waals surface area contributed by atoms with Crippen LogP contribution < -0.4 is 0 Å². The number of rotatable bonds is 1. The van der Waals surface area contributed by atoms with E-state index in [0.29, 0.717) is 5.92 Å². The molecule has 0 aromatic carbocycles. The summed E-state index contributed by atoms with van der Waals surface area (Å²) in [6, 6.07) is 0. The lowest BCUT2D eigenvalue weighted by Gasteiger charge is -2.43. The van der Waals surface area contributed by atoms with Gasteiger partial charge in [-0.1, -0.05) is 20.8 Å². The van der Waals surface area contributed by atoms with Crippen molar-refractivity contribution in [2.24, 2.45) is 11.3 Å². The Morgan fingerprint density at radius 3 is 2.09 bits per heavy atom. The molecule has 1 N–H and O–H groups in total. The van der Waals surface area contributed by atoms with E-state index in [1.165, 1.54) is 0 Å². The second kappa shape index (κ2) is 2.76. The van der Waals surface area contributed by atoms with Crippen LogP contribution in [0.15, 0.2) is 0 Å². The SMILES string of the molecule is CN1CC([C@H](O)C(C)(C)C)C1. The molecule has 66 valence electrons. The molecule has 1 aliphatic rings. The number of likely N-dealkylation sites (tertiary alicyclic amines) is 1. The van der Waals surface area contributed by atoms with Gasteiger partial charge >= 0.3 is 0 Å². The molecule has 0 unspecified atom stereocenters. The summed E-state index contributed by atoms with van der Waals surface area (Å²) < 4.78 is 0. The molecule has 0 aliphatic carbocycles. The lowest BCUT2D eigenvalue weighted by Crippen LogP contribution is -2.53. The minimum Gasteiger partial charge on any atom is -0.392 e. The highest BCUT2D eigenvalue weighted by atomic mass is 16.3. The smallest absolute Gasteiger partial charge is 0.0641 e. The van der Waals surface area contributed by atoms with Gasteiger partial charge in [0.2, 0.25) is 0 Å². The first-order valence-corrected chi connectivity index (χ1v) is 4.28. The van der Waals surface area contributed by atoms with Crippen LogP contribution in [0, 0.1) is 11.3 Å². The van der Waals surface area contributed by atoms with Crippen LogP contribution in [0.3, 0.4) is 0 Å². The van der Waals surface area contributed by atoms with E-state index >= 15 is 0 Å². The van der Waals surface area contributed by atoms with E-state index in [1.807, 2.05) is 0 Å². The molecule has 0 aromatic rings. The van der Waals surface area contributed by atoms with Gasteiger partial charge in [-0.3, -0.25) is 0 Å². The molecule has 0 saturated carbocycles. The van der Waals surface area contributed by atoms with Crippen molar-refractivity contribution in [1.29, 1.82) is 0 Å². The van der Waals surface area contributed by atoms with Gasteiger partial charge in [0.1, 0.15) is 0 Å². The molecule has 2 heteroatoms. The maximum absolute atomic E-state index is 9.80. The van der Waals surface area contributed by atoms with Crippen molar-refractivity contribution in [3.05, 3.63) is 0 Å². The Morgan fingerprint density at radius 1 is 1.36 bits per heavy atom. The van der Waals surface area contributed by atoms with E-state index in [4.69, 9.17) is 0 Å². The number of aliphatic hydroxyl groups excluding tert-OH is 1. The Labute approximate surface area is 69.2 Å². The highest BCUT2D eigenvalue weighted by Gasteiger charge is 2.36. The maximum atomic E-state index is 9.80. The van der Waals surface area contributed by atoms with Gasteiger partial charge in [0.05, 0.1) is 6.10 Å². The van der Waals surface area contributed by atoms with E-state index < -0.39 is 0 Å². The molecule has 0 radical (unpaired) electrons. The van der Waals surface area contributed by atoms with Gasteiger partial charge in [0.25, 0.3) is 0 Å². The minimum atomic E-state index is -0.140. The van der Waals surface area contributed by atoms with Gasteiger partial charge in [-0.2, -0.15) is 0 Å². The molecular formula is C9H19NO. The molecule has 1 atom stereocenters. The average molecular weight is 157 g/mol. The third-order valence-corrected chi connectivity index (χ3v) is 2.43. The van der Waals surface area contributed by atoms with Crippen LogP contribution in [0.25, 0.3) is 0 Å². The van der Waals surface area contributed by atoms with Crippen LogP contribution in [0.4, 0.5) is 0 Å². The maximum Gasteiger partial charge on any atom is 0.0641 e. The van der Waals surface area contributed by atoms with Gasteiger partial charge < -0.3 is 10.0 Å². The Bertz CT molecular complexity index is 133. The summed E-state index contributed by atoms with van der Waals surface area (Å²) in [4.78, 5) is 2.24. The third-order valence-electron chi connectivity index (χ3n) is 2.43. The summed E-state index contributed by atoms with van der Waals surface area (Å²) >= 11 is 0. The second-order valence-electron chi connectivity index (χ2n) is 4.79. The summed E-state index contributed by atoms with van der Waals surface area (Å²) in [5, 5.41) is 9.80. The van der Waals surface area contributed by atoms with Gasteiger partial charge in [-0.05, 0) is 12.5 Å². The second-order valence-corrected chi connectivity index (χ2v) is 4.79. The zero-order valence-corrected chi connectivity index (χ0v) is 7.96. The molecule has 0 aromatic heterocycles. The fraction of sp³-hybridized carbons (Fsp3) is 1.00. The average Bonchev–Trinajstić information content (AvgIpc) is 1.77. The van der Waals surface area contributed by atoms with Crippen molar-refractivity contribution in [3.63, 3.8) is 0 Å². The topological polar surface area (TPSA) is 23.5 Å². The van der Waals surface area contributed by atoms with E-state index in [2.05, 4.69) is 32.7 Å². The zero-order chi connectivity index (χ0) is 8.65. The summed E-state index contributed by atoms with van der Waals surface area (Å²) in [6.45, 7) is 8.39. The Hall–Kier alpha value is -0.0800. The quantitative estimate of drug-likeness (QED) is 0.612. The third kappa shape index (κ3) is 1.94. The number of hydrogen-bond donors (Lipinski definition) is 1. The van der Waals surface area contributed by atoms with E-state index in [1.54, 1.807) is 0 Å². The molecular weight excluding hydrogens is 138 g/mol. The summed E-state index contributed by atoms with van der Waals surface area (Å²) in [7, 11) is 2.09. The van der Waals surface area contributed by atoms with Gasteiger partial charge in [0.15, 0.2) is 0 Å². The summed E-state index contributed by atoms with van der Waals surface area (Å²) in [6.07, 6.45) is -0.140. The van der Waals surface area contributed by atoms with Crippen molar-refractivity contribution in [2.45, 2.75) is 26.9 Å². The van der Waals surface area contributed by atoms with Gasteiger partial charge in [-0.25, -0.2) is 0 Å². The highest BCUT2D eigenvalue weighted by molar-refractivity contribution is 4.88. The molecule has 2 nitrogen and oxygen atoms in total. The Kier molecular flexibility index (Phi) is 2.26. The van der Waals surface area contributed by atoms with Crippen molar-refractivity contribution in [2.75, 3.05) is 20.1 Å². The van der Waals surface area contributed by atoms with E-state index in [0.717, 1.165) is 13.1 Å². The highest BCUT2D eigenvalue weighted by Crippen LogP contribution is 2.29. The van der Waals surface area contributed by atoms with Crippen LogP contribution in [0.5, 0.6) is 0 Å². The molecule has 0 bridgehead atoms. The van der Waals surface area contributed by atoms with E-state index in [-0.39, 0.29) is 11.5 Å². The van der Waals surface area contributed by atoms with Gasteiger partial charge in [0, 0.05) is 19.0 Å². The lowest BCUT2D eigenvalue weighted by atomic mass is 9.78. The zero-order valence-electron chi connectivity index (χ0n) is 7.96. The predicted octanol–water partition coefficient (Wildman–Crippen LogP) is 0.955. The first-order valence-electron chi connectivity index (χ1n) is 4.28. The van der Waals surface area contributed by atoms with Crippen molar-refractivity contribution >= 4 is 0 Å². The van der Waals surface area contributed by atoms with Gasteiger partial charge in [-0.15, -0.1) is 0 Å². The van der Waals surface area contributed by atoms with Crippen molar-refractivity contribution < 1.29 is 5.11 Å². The largest absolute Gasteiger partial charge is 0.392 e. The molecule has 11 heavy (non-hydrogen) atoms. The first-order chi connectivity index (χ1) is 4.91. The molecule has 1 fully saturated rings. The Balaban J connectivity index is 2.38. The Morgan fingerprint density at radius 2 is 1.82 bits per heavy atom. The number of hydrogen-bond acceptors (Lipinski definition) is 2. The van der Waals surface area contributed by atoms with Crippen LogP contribution in [0.2, 0.25) is 0 Å². The van der Waals surface area contributed by atoms with Crippen LogP contribution in [-0.2, 0) is 0 Å².